The molecule has 0 bridgehead atoms. The lowest BCUT2D eigenvalue weighted by Crippen LogP contribution is -2.50. The van der Waals surface area contributed by atoms with Gasteiger partial charge in [-0.05, 0) is 30.0 Å². The van der Waals surface area contributed by atoms with Crippen molar-refractivity contribution in [3.8, 4) is 23.0 Å². The molecule has 0 heterocycles. The van der Waals surface area contributed by atoms with Crippen molar-refractivity contribution in [1.82, 2.24) is 10.2 Å². The molecule has 8 nitrogen and oxygen atoms in total. The smallest absolute Gasteiger partial charge is 0.261 e. The van der Waals surface area contributed by atoms with Gasteiger partial charge in [0.2, 0.25) is 5.91 Å². The lowest BCUT2D eigenvalue weighted by Gasteiger charge is -2.31. The van der Waals surface area contributed by atoms with Gasteiger partial charge in [0.15, 0.2) is 6.61 Å². The minimum absolute atomic E-state index is 0.185. The summed E-state index contributed by atoms with van der Waals surface area (Å²) in [4.78, 5) is 27.9. The summed E-state index contributed by atoms with van der Waals surface area (Å²) < 4.78 is 21.6. The first-order valence-corrected chi connectivity index (χ1v) is 11.4. The lowest BCUT2D eigenvalue weighted by atomic mass is 10.1. The normalized spacial score (nSPS) is 11.5. The highest BCUT2D eigenvalue weighted by molar-refractivity contribution is 5.88. The first-order chi connectivity index (χ1) is 16.3. The molecule has 2 aromatic carbocycles. The number of hydrogen-bond donors (Lipinski definition) is 1. The van der Waals surface area contributed by atoms with Crippen LogP contribution in [0.25, 0.3) is 0 Å². The van der Waals surface area contributed by atoms with Crippen molar-refractivity contribution in [3.05, 3.63) is 48.0 Å². The van der Waals surface area contributed by atoms with E-state index in [1.165, 1.54) is 0 Å². The van der Waals surface area contributed by atoms with E-state index in [0.717, 1.165) is 5.56 Å². The summed E-state index contributed by atoms with van der Waals surface area (Å²) in [7, 11) is 4.68. The van der Waals surface area contributed by atoms with Crippen LogP contribution in [0.15, 0.2) is 42.5 Å². The van der Waals surface area contributed by atoms with E-state index in [4.69, 9.17) is 18.9 Å². The highest BCUT2D eigenvalue weighted by atomic mass is 16.5. The van der Waals surface area contributed by atoms with Gasteiger partial charge >= 0.3 is 0 Å². The summed E-state index contributed by atoms with van der Waals surface area (Å²) in [6.45, 7) is 6.48. The molecule has 0 fully saturated rings. The van der Waals surface area contributed by atoms with Crippen LogP contribution in [0.3, 0.4) is 0 Å². The number of nitrogens with one attached hydrogen (secondary N) is 1. The Hall–Kier alpha value is -3.42. The van der Waals surface area contributed by atoms with Gasteiger partial charge in [0.25, 0.3) is 5.91 Å². The largest absolute Gasteiger partial charge is 0.497 e. The van der Waals surface area contributed by atoms with Gasteiger partial charge in [-0.2, -0.15) is 0 Å². The maximum Gasteiger partial charge on any atom is 0.261 e. The van der Waals surface area contributed by atoms with E-state index >= 15 is 0 Å². The molecule has 0 aliphatic heterocycles. The first kappa shape index (κ1) is 26.8. The SMILES string of the molecule is CC[C@H](C(=O)NCC(C)C)N(Cc1cccc(OC)c1)C(=O)COc1cc(OC)cc(OC)c1. The number of rotatable bonds is 13. The molecular weight excluding hydrogens is 436 g/mol. The number of carbonyl (C=O) groups excluding carboxylic acids is 2. The summed E-state index contributed by atoms with van der Waals surface area (Å²) in [5.74, 6) is 2.02. The van der Waals surface area contributed by atoms with Crippen LogP contribution >= 0.6 is 0 Å². The standard InChI is InChI=1S/C26H36N2O6/c1-7-24(26(30)27-15-18(2)3)28(16-19-9-8-10-20(11-19)31-4)25(29)17-34-23-13-21(32-5)12-22(14-23)33-6/h8-14,18,24H,7,15-17H2,1-6H3,(H,27,30)/t24-/m1/s1. The van der Waals surface area contributed by atoms with Gasteiger partial charge in [-0.3, -0.25) is 9.59 Å². The number of nitrogens with zero attached hydrogens (tertiary/aromatic N) is 1. The van der Waals surface area contributed by atoms with E-state index in [9.17, 15) is 9.59 Å². The quantitative estimate of drug-likeness (QED) is 0.479. The summed E-state index contributed by atoms with van der Waals surface area (Å²) in [6.07, 6.45) is 0.465. The minimum Gasteiger partial charge on any atom is -0.497 e. The number of methoxy groups -OCH3 is 3. The van der Waals surface area contributed by atoms with E-state index in [-0.39, 0.29) is 25.0 Å². The average molecular weight is 473 g/mol. The highest BCUT2D eigenvalue weighted by Gasteiger charge is 2.29. The second kappa shape index (κ2) is 13.3. The Morgan fingerprint density at radius 1 is 0.912 bits per heavy atom. The molecule has 0 radical (unpaired) electrons. The molecule has 0 unspecified atom stereocenters. The molecule has 0 spiro atoms. The average Bonchev–Trinajstić information content (AvgIpc) is 2.85. The molecule has 1 atom stereocenters. The number of amides is 2. The van der Waals surface area contributed by atoms with Crippen molar-refractivity contribution in [1.29, 1.82) is 0 Å². The number of benzene rings is 2. The van der Waals surface area contributed by atoms with Gasteiger partial charge in [-0.1, -0.05) is 32.9 Å². The molecule has 0 aliphatic rings. The second-order valence-corrected chi connectivity index (χ2v) is 8.27. The van der Waals surface area contributed by atoms with Crippen molar-refractivity contribution in [2.75, 3.05) is 34.5 Å². The van der Waals surface area contributed by atoms with Crippen LogP contribution in [0.4, 0.5) is 0 Å². The van der Waals surface area contributed by atoms with Crippen LogP contribution in [0.5, 0.6) is 23.0 Å². The van der Waals surface area contributed by atoms with Crippen molar-refractivity contribution in [2.24, 2.45) is 5.92 Å². The van der Waals surface area contributed by atoms with Gasteiger partial charge in [0, 0.05) is 31.3 Å². The fraction of sp³-hybridized carbons (Fsp3) is 0.462. The summed E-state index contributed by atoms with van der Waals surface area (Å²) in [5, 5.41) is 2.95. The topological polar surface area (TPSA) is 86.3 Å². The lowest BCUT2D eigenvalue weighted by molar-refractivity contribution is -0.143. The van der Waals surface area contributed by atoms with Gasteiger partial charge in [0.1, 0.15) is 29.0 Å². The molecule has 2 rings (SSSR count). The predicted octanol–water partition coefficient (Wildman–Crippen LogP) is 3.67. The van der Waals surface area contributed by atoms with Gasteiger partial charge in [-0.15, -0.1) is 0 Å². The summed E-state index contributed by atoms with van der Waals surface area (Å²) >= 11 is 0. The van der Waals surface area contributed by atoms with Crippen molar-refractivity contribution in [2.45, 2.75) is 39.8 Å². The Morgan fingerprint density at radius 3 is 2.09 bits per heavy atom. The van der Waals surface area contributed by atoms with Crippen LogP contribution in [-0.2, 0) is 16.1 Å². The third-order valence-electron chi connectivity index (χ3n) is 5.24. The number of carbonyl (C=O) groups is 2. The third-order valence-corrected chi connectivity index (χ3v) is 5.24. The Labute approximate surface area is 202 Å². The summed E-state index contributed by atoms with van der Waals surface area (Å²) in [6, 6.07) is 11.9. The van der Waals surface area contributed by atoms with Crippen molar-refractivity contribution in [3.63, 3.8) is 0 Å². The molecular formula is C26H36N2O6. The molecule has 0 saturated carbocycles. The molecule has 0 aromatic heterocycles. The Kier molecular flexibility index (Phi) is 10.5. The van der Waals surface area contributed by atoms with Crippen LogP contribution in [-0.4, -0.2) is 57.2 Å². The van der Waals surface area contributed by atoms with E-state index in [1.54, 1.807) is 44.4 Å². The van der Waals surface area contributed by atoms with Crippen molar-refractivity contribution < 1.29 is 28.5 Å². The Morgan fingerprint density at radius 2 is 1.53 bits per heavy atom. The maximum absolute atomic E-state index is 13.4. The molecule has 0 aliphatic carbocycles. The molecule has 186 valence electrons. The number of hydrogen-bond acceptors (Lipinski definition) is 6. The highest BCUT2D eigenvalue weighted by Crippen LogP contribution is 2.27. The first-order valence-electron chi connectivity index (χ1n) is 11.4. The molecule has 1 N–H and O–H groups in total. The fourth-order valence-corrected chi connectivity index (χ4v) is 3.40. The van der Waals surface area contributed by atoms with Crippen LogP contribution in [0.2, 0.25) is 0 Å². The number of ether oxygens (including phenoxy) is 4. The minimum atomic E-state index is -0.638. The predicted molar refractivity (Wildman–Crippen MR) is 131 cm³/mol. The maximum atomic E-state index is 13.4. The zero-order chi connectivity index (χ0) is 25.1. The third kappa shape index (κ3) is 7.86. The van der Waals surface area contributed by atoms with Gasteiger partial charge < -0.3 is 29.2 Å². The summed E-state index contributed by atoms with van der Waals surface area (Å²) in [5.41, 5.74) is 0.853. The van der Waals surface area contributed by atoms with Crippen LogP contribution in [0, 0.1) is 5.92 Å². The van der Waals surface area contributed by atoms with E-state index in [0.29, 0.717) is 41.9 Å². The zero-order valence-electron chi connectivity index (χ0n) is 20.9. The molecule has 2 aromatic rings. The molecule has 8 heteroatoms. The molecule has 34 heavy (non-hydrogen) atoms. The molecule has 2 amide bonds. The van der Waals surface area contributed by atoms with E-state index < -0.39 is 6.04 Å². The van der Waals surface area contributed by atoms with E-state index in [1.807, 2.05) is 45.0 Å². The monoisotopic (exact) mass is 472 g/mol. The second-order valence-electron chi connectivity index (χ2n) is 8.27. The van der Waals surface area contributed by atoms with E-state index in [2.05, 4.69) is 5.32 Å². The van der Waals surface area contributed by atoms with Crippen LogP contribution in [0.1, 0.15) is 32.8 Å². The van der Waals surface area contributed by atoms with Crippen LogP contribution < -0.4 is 24.3 Å². The molecule has 0 saturated heterocycles. The Bertz CT molecular complexity index is 924. The van der Waals surface area contributed by atoms with Gasteiger partial charge in [-0.25, -0.2) is 0 Å². The van der Waals surface area contributed by atoms with Gasteiger partial charge in [0.05, 0.1) is 21.3 Å². The Balaban J connectivity index is 2.26. The zero-order valence-corrected chi connectivity index (χ0v) is 20.9. The fourth-order valence-electron chi connectivity index (χ4n) is 3.40. The van der Waals surface area contributed by atoms with Crippen molar-refractivity contribution >= 4 is 11.8 Å².